The van der Waals surface area contributed by atoms with Gasteiger partial charge in [0.25, 0.3) is 5.91 Å². The van der Waals surface area contributed by atoms with E-state index < -0.39 is 29.6 Å². The third-order valence-corrected chi connectivity index (χ3v) is 1.82. The zero-order valence-electron chi connectivity index (χ0n) is 9.70. The summed E-state index contributed by atoms with van der Waals surface area (Å²) < 4.78 is 29.9. The van der Waals surface area contributed by atoms with E-state index in [-0.39, 0.29) is 24.5 Å². The third-order valence-electron chi connectivity index (χ3n) is 1.82. The van der Waals surface area contributed by atoms with Crippen LogP contribution in [0.4, 0.5) is 14.5 Å². The van der Waals surface area contributed by atoms with Crippen LogP contribution in [0.2, 0.25) is 0 Å². The molecule has 8 heteroatoms. The van der Waals surface area contributed by atoms with E-state index in [0.29, 0.717) is 6.07 Å². The predicted octanol–water partition coefficient (Wildman–Crippen LogP) is -3.33. The summed E-state index contributed by atoms with van der Waals surface area (Å²) in [6, 6.07) is 2.29. The minimum absolute atomic E-state index is 0. The van der Waals surface area contributed by atoms with Crippen LogP contribution >= 0.6 is 0 Å². The van der Waals surface area contributed by atoms with E-state index in [2.05, 4.69) is 4.74 Å². The maximum Gasteiger partial charge on any atom is 1.00 e. The Balaban J connectivity index is 0.00000289. The molecule has 0 heterocycles. The van der Waals surface area contributed by atoms with E-state index in [1.807, 2.05) is 5.32 Å². The van der Waals surface area contributed by atoms with Crippen molar-refractivity contribution in [2.75, 3.05) is 12.4 Å². The van der Waals surface area contributed by atoms with Gasteiger partial charge in [0.15, 0.2) is 6.10 Å². The number of halogens is 2. The van der Waals surface area contributed by atoms with Crippen molar-refractivity contribution in [1.82, 2.24) is 0 Å². The molecule has 1 atom stereocenters. The zero-order chi connectivity index (χ0) is 13.0. The molecule has 92 valence electrons. The molecule has 1 amide bonds. The number of ether oxygens (including phenoxy) is 1. The molecule has 1 N–H and O–H groups in total. The van der Waals surface area contributed by atoms with E-state index in [1.165, 1.54) is 0 Å². The average Bonchev–Trinajstić information content (AvgIpc) is 2.15. The largest absolute Gasteiger partial charge is 1.00 e. The normalized spacial score (nSPS) is 11.3. The summed E-state index contributed by atoms with van der Waals surface area (Å²) in [6.45, 7) is 0. The number of amides is 1. The first-order chi connectivity index (χ1) is 7.93. The number of carbonyl (C=O) groups excluding carboxylic acids is 2. The van der Waals surface area contributed by atoms with Gasteiger partial charge in [0.1, 0.15) is 11.6 Å². The molecule has 0 fully saturated rings. The van der Waals surface area contributed by atoms with Crippen molar-refractivity contribution < 1.29 is 47.1 Å². The van der Waals surface area contributed by atoms with Crippen molar-refractivity contribution in [1.29, 1.82) is 0 Å². The maximum atomic E-state index is 12.8. The van der Waals surface area contributed by atoms with E-state index in [9.17, 15) is 23.5 Å². The number of carboxylic acid groups (broad SMARTS) is 1. The van der Waals surface area contributed by atoms with Crippen molar-refractivity contribution in [3.8, 4) is 0 Å². The topological polar surface area (TPSA) is 78.5 Å². The Bertz CT molecular complexity index is 435. The summed E-state index contributed by atoms with van der Waals surface area (Å²) in [5.41, 5.74) is -0.212. The van der Waals surface area contributed by atoms with Crippen LogP contribution < -0.4 is 29.3 Å². The Hall–Kier alpha value is -1.42. The SMILES string of the molecule is COC(C(=O)[O-])C(=O)Nc1cc(F)cc(F)c1.[Li+]. The Morgan fingerprint density at radius 1 is 1.28 bits per heavy atom. The van der Waals surface area contributed by atoms with Crippen molar-refractivity contribution >= 4 is 17.6 Å². The molecule has 0 aliphatic rings. The first-order valence-corrected chi connectivity index (χ1v) is 4.44. The smallest absolute Gasteiger partial charge is 0.547 e. The summed E-state index contributed by atoms with van der Waals surface area (Å²) in [4.78, 5) is 21.8. The molecule has 0 spiro atoms. The minimum Gasteiger partial charge on any atom is -0.547 e. The first kappa shape index (κ1) is 16.6. The number of hydrogen-bond donors (Lipinski definition) is 1. The standard InChI is InChI=1S/C10H9F2NO4.Li/c1-17-8(10(15)16)9(14)13-7-3-5(11)2-6(12)4-7;/h2-4,8H,1H3,(H,13,14)(H,15,16);/q;+1/p-1. The van der Waals surface area contributed by atoms with Gasteiger partial charge in [-0.2, -0.15) is 0 Å². The number of benzene rings is 1. The number of carbonyl (C=O) groups is 2. The van der Waals surface area contributed by atoms with Crippen LogP contribution in [-0.2, 0) is 14.3 Å². The predicted molar refractivity (Wildman–Crippen MR) is 50.8 cm³/mol. The Morgan fingerprint density at radius 3 is 2.17 bits per heavy atom. The quantitative estimate of drug-likeness (QED) is 0.448. The molecular formula is C10H8F2LiNO4. The van der Waals surface area contributed by atoms with Gasteiger partial charge in [-0.15, -0.1) is 0 Å². The van der Waals surface area contributed by atoms with Gasteiger partial charge in [-0.3, -0.25) is 4.79 Å². The molecular weight excluding hydrogens is 243 g/mol. The van der Waals surface area contributed by atoms with Crippen LogP contribution in [0.25, 0.3) is 0 Å². The van der Waals surface area contributed by atoms with Gasteiger partial charge in [0.05, 0.1) is 5.97 Å². The molecule has 1 unspecified atom stereocenters. The van der Waals surface area contributed by atoms with Crippen molar-refractivity contribution in [3.05, 3.63) is 29.8 Å². The van der Waals surface area contributed by atoms with Crippen LogP contribution in [0.5, 0.6) is 0 Å². The molecule has 0 radical (unpaired) electrons. The van der Waals surface area contributed by atoms with E-state index >= 15 is 0 Å². The monoisotopic (exact) mass is 251 g/mol. The van der Waals surface area contributed by atoms with Gasteiger partial charge in [-0.1, -0.05) is 0 Å². The molecule has 0 aromatic heterocycles. The van der Waals surface area contributed by atoms with Crippen LogP contribution in [0, 0.1) is 11.6 Å². The van der Waals surface area contributed by atoms with Crippen LogP contribution in [0.3, 0.4) is 0 Å². The van der Waals surface area contributed by atoms with Crippen molar-refractivity contribution in [2.45, 2.75) is 6.10 Å². The van der Waals surface area contributed by atoms with Gasteiger partial charge in [0, 0.05) is 18.9 Å². The molecule has 0 saturated carbocycles. The number of carboxylic acids is 1. The summed E-state index contributed by atoms with van der Waals surface area (Å²) in [6.07, 6.45) is -1.85. The summed E-state index contributed by atoms with van der Waals surface area (Å²) in [5.74, 6) is -4.63. The van der Waals surface area contributed by atoms with Gasteiger partial charge < -0.3 is 20.0 Å². The Labute approximate surface area is 113 Å². The van der Waals surface area contributed by atoms with Crippen LogP contribution in [-0.4, -0.2) is 25.1 Å². The van der Waals surface area contributed by atoms with Gasteiger partial charge in [0.2, 0.25) is 0 Å². The Kier molecular flexibility index (Phi) is 6.55. The van der Waals surface area contributed by atoms with Crippen molar-refractivity contribution in [2.24, 2.45) is 0 Å². The number of hydrogen-bond acceptors (Lipinski definition) is 4. The molecule has 18 heavy (non-hydrogen) atoms. The fourth-order valence-corrected chi connectivity index (χ4v) is 1.14. The fraction of sp³-hybridized carbons (Fsp3) is 0.200. The number of aliphatic carboxylic acids is 1. The molecule has 0 aliphatic carbocycles. The number of methoxy groups -OCH3 is 1. The maximum absolute atomic E-state index is 12.8. The van der Waals surface area contributed by atoms with E-state index in [4.69, 9.17) is 0 Å². The molecule has 0 aliphatic heterocycles. The average molecular weight is 251 g/mol. The Morgan fingerprint density at radius 2 is 1.78 bits per heavy atom. The third kappa shape index (κ3) is 4.45. The first-order valence-electron chi connectivity index (χ1n) is 4.44. The second-order valence-corrected chi connectivity index (χ2v) is 3.08. The van der Waals surface area contributed by atoms with Gasteiger partial charge >= 0.3 is 18.9 Å². The minimum atomic E-state index is -1.85. The second kappa shape index (κ2) is 7.11. The van der Waals surface area contributed by atoms with Crippen molar-refractivity contribution in [3.63, 3.8) is 0 Å². The molecule has 5 nitrogen and oxygen atoms in total. The number of anilines is 1. The van der Waals surface area contributed by atoms with Crippen LogP contribution in [0.15, 0.2) is 18.2 Å². The van der Waals surface area contributed by atoms with Crippen LogP contribution in [0.1, 0.15) is 0 Å². The van der Waals surface area contributed by atoms with Gasteiger partial charge in [-0.25, -0.2) is 8.78 Å². The zero-order valence-corrected chi connectivity index (χ0v) is 9.70. The summed E-state index contributed by atoms with van der Waals surface area (Å²) in [5, 5.41) is 12.4. The molecule has 0 bridgehead atoms. The van der Waals surface area contributed by atoms with Gasteiger partial charge in [-0.05, 0) is 12.1 Å². The molecule has 1 aromatic rings. The molecule has 1 rings (SSSR count). The van der Waals surface area contributed by atoms with E-state index in [1.54, 1.807) is 0 Å². The number of nitrogens with one attached hydrogen (secondary N) is 1. The molecule has 0 saturated heterocycles. The van der Waals surface area contributed by atoms with E-state index in [0.717, 1.165) is 19.2 Å². The summed E-state index contributed by atoms with van der Waals surface area (Å²) in [7, 11) is 0.992. The summed E-state index contributed by atoms with van der Waals surface area (Å²) >= 11 is 0. The molecule has 1 aromatic carbocycles. The fourth-order valence-electron chi connectivity index (χ4n) is 1.14. The number of rotatable bonds is 4. The second-order valence-electron chi connectivity index (χ2n) is 3.08.